The van der Waals surface area contributed by atoms with Crippen molar-refractivity contribution in [3.63, 3.8) is 0 Å². The summed E-state index contributed by atoms with van der Waals surface area (Å²) in [6, 6.07) is 1.04. The second-order valence-electron chi connectivity index (χ2n) is 5.05. The van der Waals surface area contributed by atoms with Crippen molar-refractivity contribution < 1.29 is 28.2 Å². The third-order valence-electron chi connectivity index (χ3n) is 2.20. The van der Waals surface area contributed by atoms with Crippen molar-refractivity contribution in [1.29, 1.82) is 0 Å². The maximum absolute atomic E-state index is 13.6. The van der Waals surface area contributed by atoms with Gasteiger partial charge in [0.05, 0.1) is 5.56 Å². The van der Waals surface area contributed by atoms with Crippen LogP contribution in [0.25, 0.3) is 0 Å². The average molecular weight is 287 g/mol. The number of benzene rings is 1. The van der Waals surface area contributed by atoms with Crippen LogP contribution in [0.5, 0.6) is 0 Å². The number of aliphatic carboxylic acids is 1. The normalized spacial score (nSPS) is 12.7. The molecule has 1 aromatic rings. The number of alkyl carbamates (subject to hydrolysis) is 1. The van der Waals surface area contributed by atoms with Gasteiger partial charge in [-0.05, 0) is 32.9 Å². The minimum absolute atomic E-state index is 0.745. The number of rotatable bonds is 3. The van der Waals surface area contributed by atoms with Crippen molar-refractivity contribution in [2.45, 2.75) is 32.4 Å². The molecule has 0 aliphatic heterocycles. The van der Waals surface area contributed by atoms with Crippen molar-refractivity contribution >= 4 is 12.1 Å². The predicted octanol–water partition coefficient (Wildman–Crippen LogP) is 2.62. The molecule has 0 unspecified atom stereocenters. The SMILES string of the molecule is CC(C)(C)OC(=O)N[C@@H](C(=O)O)c1c(F)cccc1F. The molecule has 1 aromatic carbocycles. The Morgan fingerprint density at radius 3 is 2.15 bits per heavy atom. The summed E-state index contributed by atoms with van der Waals surface area (Å²) in [5.74, 6) is -3.72. The van der Waals surface area contributed by atoms with E-state index in [1.165, 1.54) is 0 Å². The molecule has 0 aliphatic carbocycles. The van der Waals surface area contributed by atoms with E-state index in [9.17, 15) is 18.4 Å². The van der Waals surface area contributed by atoms with E-state index < -0.39 is 40.9 Å². The summed E-state index contributed by atoms with van der Waals surface area (Å²) in [7, 11) is 0. The highest BCUT2D eigenvalue weighted by atomic mass is 19.1. The van der Waals surface area contributed by atoms with E-state index in [4.69, 9.17) is 9.84 Å². The van der Waals surface area contributed by atoms with Gasteiger partial charge in [-0.25, -0.2) is 18.4 Å². The maximum atomic E-state index is 13.6. The first-order chi connectivity index (χ1) is 9.11. The molecule has 20 heavy (non-hydrogen) atoms. The van der Waals surface area contributed by atoms with Gasteiger partial charge in [-0.3, -0.25) is 0 Å². The van der Waals surface area contributed by atoms with Crippen molar-refractivity contribution in [1.82, 2.24) is 5.32 Å². The summed E-state index contributed by atoms with van der Waals surface area (Å²) < 4.78 is 32.0. The Bertz CT molecular complexity index is 505. The van der Waals surface area contributed by atoms with Crippen LogP contribution in [0.3, 0.4) is 0 Å². The van der Waals surface area contributed by atoms with Crippen LogP contribution in [-0.4, -0.2) is 22.8 Å². The average Bonchev–Trinajstić information content (AvgIpc) is 2.24. The molecule has 0 saturated heterocycles. The van der Waals surface area contributed by atoms with Gasteiger partial charge in [0.25, 0.3) is 0 Å². The van der Waals surface area contributed by atoms with Crippen LogP contribution in [0.1, 0.15) is 32.4 Å². The first-order valence-electron chi connectivity index (χ1n) is 5.78. The molecular weight excluding hydrogens is 272 g/mol. The lowest BCUT2D eigenvalue weighted by Gasteiger charge is -2.22. The van der Waals surface area contributed by atoms with Crippen molar-refractivity contribution in [3.05, 3.63) is 35.4 Å². The lowest BCUT2D eigenvalue weighted by atomic mass is 10.1. The molecule has 7 heteroatoms. The quantitative estimate of drug-likeness (QED) is 0.896. The zero-order valence-electron chi connectivity index (χ0n) is 11.2. The Hall–Kier alpha value is -2.18. The largest absolute Gasteiger partial charge is 0.479 e. The van der Waals surface area contributed by atoms with Gasteiger partial charge in [-0.15, -0.1) is 0 Å². The Morgan fingerprint density at radius 2 is 1.75 bits per heavy atom. The second-order valence-corrected chi connectivity index (χ2v) is 5.05. The van der Waals surface area contributed by atoms with Crippen molar-refractivity contribution in [2.24, 2.45) is 0 Å². The molecule has 1 amide bonds. The molecule has 5 nitrogen and oxygen atoms in total. The Balaban J connectivity index is 3.02. The summed E-state index contributed by atoms with van der Waals surface area (Å²) in [6.45, 7) is 4.73. The second kappa shape index (κ2) is 5.85. The van der Waals surface area contributed by atoms with Crippen molar-refractivity contribution in [3.8, 4) is 0 Å². The molecule has 0 heterocycles. The fourth-order valence-corrected chi connectivity index (χ4v) is 1.47. The lowest BCUT2D eigenvalue weighted by molar-refractivity contribution is -0.139. The van der Waals surface area contributed by atoms with Crippen LogP contribution in [0.4, 0.5) is 13.6 Å². The Labute approximate surface area is 114 Å². The maximum Gasteiger partial charge on any atom is 0.408 e. The Kier molecular flexibility index (Phi) is 4.65. The number of carboxylic acid groups (broad SMARTS) is 1. The minimum atomic E-state index is -1.87. The van der Waals surface area contributed by atoms with Gasteiger partial charge in [-0.1, -0.05) is 6.07 Å². The summed E-state index contributed by atoms with van der Waals surface area (Å²) >= 11 is 0. The fourth-order valence-electron chi connectivity index (χ4n) is 1.47. The molecule has 0 aliphatic rings. The van der Waals surface area contributed by atoms with Gasteiger partial charge in [0.15, 0.2) is 6.04 Å². The van der Waals surface area contributed by atoms with E-state index in [0.717, 1.165) is 18.2 Å². The van der Waals surface area contributed by atoms with E-state index in [0.29, 0.717) is 0 Å². The van der Waals surface area contributed by atoms with E-state index in [1.54, 1.807) is 20.8 Å². The van der Waals surface area contributed by atoms with Crippen molar-refractivity contribution in [2.75, 3.05) is 0 Å². The molecule has 0 bridgehead atoms. The van der Waals surface area contributed by atoms with Crippen LogP contribution in [0.2, 0.25) is 0 Å². The number of amides is 1. The van der Waals surface area contributed by atoms with E-state index in [1.807, 2.05) is 5.32 Å². The van der Waals surface area contributed by atoms with Crippen LogP contribution in [0, 0.1) is 11.6 Å². The number of carbonyl (C=O) groups is 2. The van der Waals surface area contributed by atoms with Crippen LogP contribution < -0.4 is 5.32 Å². The fraction of sp³-hybridized carbons (Fsp3) is 0.385. The number of carbonyl (C=O) groups excluding carboxylic acids is 1. The van der Waals surface area contributed by atoms with Gasteiger partial charge < -0.3 is 15.2 Å². The summed E-state index contributed by atoms with van der Waals surface area (Å²) in [5, 5.41) is 10.9. The van der Waals surface area contributed by atoms with E-state index >= 15 is 0 Å². The van der Waals surface area contributed by atoms with E-state index in [-0.39, 0.29) is 0 Å². The summed E-state index contributed by atoms with van der Waals surface area (Å²) in [4.78, 5) is 22.6. The molecule has 110 valence electrons. The van der Waals surface area contributed by atoms with E-state index in [2.05, 4.69) is 0 Å². The smallest absolute Gasteiger partial charge is 0.408 e. The minimum Gasteiger partial charge on any atom is -0.479 e. The number of hydrogen-bond acceptors (Lipinski definition) is 3. The highest BCUT2D eigenvalue weighted by Gasteiger charge is 2.30. The van der Waals surface area contributed by atoms with Crippen LogP contribution in [0.15, 0.2) is 18.2 Å². The molecular formula is C13H15F2NO4. The summed E-state index contributed by atoms with van der Waals surface area (Å²) in [6.07, 6.45) is -1.08. The molecule has 1 rings (SSSR count). The van der Waals surface area contributed by atoms with Gasteiger partial charge >= 0.3 is 12.1 Å². The molecule has 1 atom stereocenters. The molecule has 0 fully saturated rings. The molecule has 0 aromatic heterocycles. The topological polar surface area (TPSA) is 75.6 Å². The van der Waals surface area contributed by atoms with Gasteiger partial charge in [0.1, 0.15) is 17.2 Å². The predicted molar refractivity (Wildman–Crippen MR) is 66.1 cm³/mol. The standard InChI is InChI=1S/C13H15F2NO4/c1-13(2,3)20-12(19)16-10(11(17)18)9-7(14)5-4-6-8(9)15/h4-6,10H,1-3H3,(H,16,19)(H,17,18)/t10-/m1/s1. The van der Waals surface area contributed by atoms with Gasteiger partial charge in [-0.2, -0.15) is 0 Å². The van der Waals surface area contributed by atoms with Gasteiger partial charge in [0.2, 0.25) is 0 Å². The van der Waals surface area contributed by atoms with Crippen LogP contribution in [-0.2, 0) is 9.53 Å². The molecule has 2 N–H and O–H groups in total. The summed E-state index contributed by atoms with van der Waals surface area (Å²) in [5.41, 5.74) is -1.60. The zero-order chi connectivity index (χ0) is 15.5. The molecule has 0 radical (unpaired) electrons. The number of nitrogens with one attached hydrogen (secondary N) is 1. The molecule has 0 spiro atoms. The number of halogens is 2. The molecule has 0 saturated carbocycles. The monoisotopic (exact) mass is 287 g/mol. The highest BCUT2D eigenvalue weighted by Crippen LogP contribution is 2.21. The first-order valence-corrected chi connectivity index (χ1v) is 5.78. The lowest BCUT2D eigenvalue weighted by Crippen LogP contribution is -2.38. The third kappa shape index (κ3) is 4.18. The zero-order valence-corrected chi connectivity index (χ0v) is 11.2. The number of carboxylic acids is 1. The number of hydrogen-bond donors (Lipinski definition) is 2. The third-order valence-corrected chi connectivity index (χ3v) is 2.20. The Morgan fingerprint density at radius 1 is 1.25 bits per heavy atom. The highest BCUT2D eigenvalue weighted by molar-refractivity contribution is 5.81. The van der Waals surface area contributed by atoms with Crippen LogP contribution >= 0.6 is 0 Å². The first kappa shape index (κ1) is 15.9. The number of ether oxygens (including phenoxy) is 1. The van der Waals surface area contributed by atoms with Gasteiger partial charge in [0, 0.05) is 0 Å².